The summed E-state index contributed by atoms with van der Waals surface area (Å²) in [6.45, 7) is 1.14. The Kier molecular flexibility index (Phi) is 5.12. The van der Waals surface area contributed by atoms with Crippen LogP contribution in [0.3, 0.4) is 0 Å². The number of carboxylic acid groups (broad SMARTS) is 1. The summed E-state index contributed by atoms with van der Waals surface area (Å²) in [5.41, 5.74) is 2.82. The third-order valence-electron chi connectivity index (χ3n) is 3.93. The molecule has 0 aliphatic carbocycles. The maximum atomic E-state index is 12.7. The van der Waals surface area contributed by atoms with Crippen LogP contribution in [0, 0.1) is 0 Å². The summed E-state index contributed by atoms with van der Waals surface area (Å²) < 4.78 is 0. The summed E-state index contributed by atoms with van der Waals surface area (Å²) >= 11 is 0. The van der Waals surface area contributed by atoms with E-state index in [1.165, 1.54) is 0 Å². The summed E-state index contributed by atoms with van der Waals surface area (Å²) in [7, 11) is 0. The summed E-state index contributed by atoms with van der Waals surface area (Å²) in [6, 6.07) is 18.9. The van der Waals surface area contributed by atoms with Crippen LogP contribution in [0.5, 0.6) is 0 Å². The smallest absolute Gasteiger partial charge is 0.344 e. The van der Waals surface area contributed by atoms with Crippen molar-refractivity contribution < 1.29 is 19.5 Å². The van der Waals surface area contributed by atoms with Crippen LogP contribution in [0.1, 0.15) is 18.5 Å². The number of aliphatic carboxylic acids is 1. The van der Waals surface area contributed by atoms with Crippen LogP contribution in [0.15, 0.2) is 77.5 Å². The normalized spacial score (nSPS) is 18.6. The quantitative estimate of drug-likeness (QED) is 0.376. The van der Waals surface area contributed by atoms with Crippen molar-refractivity contribution >= 4 is 23.3 Å². The fraction of sp³-hybridized carbons (Fsp3) is 0.150. The first-order valence-corrected chi connectivity index (χ1v) is 8.11. The number of hydrogen-bond acceptors (Lipinski definition) is 4. The number of rotatable bonds is 6. The van der Waals surface area contributed by atoms with Gasteiger partial charge in [0.1, 0.15) is 0 Å². The van der Waals surface area contributed by atoms with Gasteiger partial charge in [-0.1, -0.05) is 53.7 Å². The molecule has 2 aromatic rings. The van der Waals surface area contributed by atoms with E-state index in [1.54, 1.807) is 17.9 Å². The molecule has 1 N–H and O–H groups in total. The monoisotopic (exact) mass is 350 g/mol. The second-order valence-electron chi connectivity index (χ2n) is 5.82. The van der Waals surface area contributed by atoms with E-state index < -0.39 is 12.6 Å². The minimum Gasteiger partial charge on any atom is -0.479 e. The SMILES string of the molecule is CC(/C=C1\C(=O)N(c2ccccc2)C1c1ccccc1)=N/OCC(=O)O. The van der Waals surface area contributed by atoms with Gasteiger partial charge in [-0.2, -0.15) is 0 Å². The van der Waals surface area contributed by atoms with Crippen LogP contribution < -0.4 is 4.90 Å². The number of para-hydroxylation sites is 1. The van der Waals surface area contributed by atoms with Gasteiger partial charge in [-0.3, -0.25) is 9.69 Å². The Morgan fingerprint density at radius 1 is 1.15 bits per heavy atom. The minimum absolute atomic E-state index is 0.113. The first kappa shape index (κ1) is 17.4. The number of β-lactam (4-membered cyclic amide) rings is 1. The topological polar surface area (TPSA) is 79.2 Å². The largest absolute Gasteiger partial charge is 0.479 e. The van der Waals surface area contributed by atoms with Crippen LogP contribution in [0.2, 0.25) is 0 Å². The van der Waals surface area contributed by atoms with Gasteiger partial charge in [-0.05, 0) is 30.7 Å². The van der Waals surface area contributed by atoms with Gasteiger partial charge in [0, 0.05) is 11.3 Å². The molecule has 6 heteroatoms. The van der Waals surface area contributed by atoms with Gasteiger partial charge >= 0.3 is 5.97 Å². The molecule has 3 rings (SSSR count). The third kappa shape index (κ3) is 3.64. The van der Waals surface area contributed by atoms with E-state index in [9.17, 15) is 9.59 Å². The second kappa shape index (κ2) is 7.65. The highest BCUT2D eigenvalue weighted by molar-refractivity contribution is 6.18. The number of amides is 1. The van der Waals surface area contributed by atoms with Crippen molar-refractivity contribution in [2.75, 3.05) is 11.5 Å². The molecular formula is C20H18N2O4. The highest BCUT2D eigenvalue weighted by Gasteiger charge is 2.43. The van der Waals surface area contributed by atoms with Crippen molar-refractivity contribution in [3.63, 3.8) is 0 Å². The standard InChI is InChI=1S/C20H18N2O4/c1-14(21-26-13-18(23)24)12-17-19(15-8-4-2-5-9-15)22(20(17)25)16-10-6-3-7-11-16/h2-12,19H,13H2,1H3,(H,23,24)/b17-12-,21-14-. The molecule has 0 spiro atoms. The number of nitrogens with zero attached hydrogens (tertiary/aromatic N) is 2. The van der Waals surface area contributed by atoms with Crippen LogP contribution in [0.25, 0.3) is 0 Å². The van der Waals surface area contributed by atoms with Gasteiger partial charge in [-0.25, -0.2) is 4.79 Å². The number of carbonyl (C=O) groups is 2. The first-order chi connectivity index (χ1) is 12.6. The molecule has 1 amide bonds. The van der Waals surface area contributed by atoms with E-state index in [0.29, 0.717) is 11.3 Å². The summed E-state index contributed by atoms with van der Waals surface area (Å²) in [4.78, 5) is 29.7. The molecule has 1 unspecified atom stereocenters. The van der Waals surface area contributed by atoms with Crippen molar-refractivity contribution in [1.29, 1.82) is 0 Å². The highest BCUT2D eigenvalue weighted by Crippen LogP contribution is 2.42. The zero-order valence-electron chi connectivity index (χ0n) is 14.2. The fourth-order valence-electron chi connectivity index (χ4n) is 2.85. The number of hydrogen-bond donors (Lipinski definition) is 1. The van der Waals surface area contributed by atoms with E-state index in [1.807, 2.05) is 60.7 Å². The number of allylic oxidation sites excluding steroid dienone is 1. The number of carboxylic acids is 1. The predicted octanol–water partition coefficient (Wildman–Crippen LogP) is 3.18. The lowest BCUT2D eigenvalue weighted by molar-refractivity contribution is -0.142. The average molecular weight is 350 g/mol. The average Bonchev–Trinajstić information content (AvgIpc) is 2.65. The highest BCUT2D eigenvalue weighted by atomic mass is 16.6. The maximum absolute atomic E-state index is 12.7. The molecule has 6 nitrogen and oxygen atoms in total. The molecule has 1 fully saturated rings. The molecule has 1 heterocycles. The Bertz CT molecular complexity index is 860. The Labute approximate surface area is 151 Å². The predicted molar refractivity (Wildman–Crippen MR) is 97.9 cm³/mol. The number of anilines is 1. The molecule has 0 bridgehead atoms. The lowest BCUT2D eigenvalue weighted by Crippen LogP contribution is -2.49. The second-order valence-corrected chi connectivity index (χ2v) is 5.82. The molecule has 2 aromatic carbocycles. The van der Waals surface area contributed by atoms with Crippen molar-refractivity contribution in [1.82, 2.24) is 0 Å². The molecule has 1 saturated heterocycles. The molecular weight excluding hydrogens is 332 g/mol. The van der Waals surface area contributed by atoms with Crippen molar-refractivity contribution in [3.05, 3.63) is 77.9 Å². The molecule has 0 aromatic heterocycles. The van der Waals surface area contributed by atoms with Crippen LogP contribution >= 0.6 is 0 Å². The van der Waals surface area contributed by atoms with Gasteiger partial charge in [0.2, 0.25) is 6.61 Å². The summed E-state index contributed by atoms with van der Waals surface area (Å²) in [6.07, 6.45) is 1.64. The minimum atomic E-state index is -1.11. The number of oxime groups is 1. The van der Waals surface area contributed by atoms with E-state index in [2.05, 4.69) is 5.16 Å². The zero-order valence-corrected chi connectivity index (χ0v) is 14.2. The Morgan fingerprint density at radius 3 is 2.38 bits per heavy atom. The maximum Gasteiger partial charge on any atom is 0.344 e. The Hall–Kier alpha value is -3.41. The van der Waals surface area contributed by atoms with E-state index in [-0.39, 0.29) is 11.9 Å². The van der Waals surface area contributed by atoms with Crippen molar-refractivity contribution in [3.8, 4) is 0 Å². The number of benzene rings is 2. The van der Waals surface area contributed by atoms with Gasteiger partial charge in [-0.15, -0.1) is 0 Å². The summed E-state index contributed by atoms with van der Waals surface area (Å²) in [5.74, 6) is -1.22. The van der Waals surface area contributed by atoms with E-state index in [0.717, 1.165) is 11.3 Å². The number of carbonyl (C=O) groups excluding carboxylic acids is 1. The lowest BCUT2D eigenvalue weighted by atomic mass is 9.86. The molecule has 132 valence electrons. The van der Waals surface area contributed by atoms with Crippen molar-refractivity contribution in [2.45, 2.75) is 13.0 Å². The van der Waals surface area contributed by atoms with Crippen molar-refractivity contribution in [2.24, 2.45) is 5.16 Å². The van der Waals surface area contributed by atoms with Crippen LogP contribution in [-0.4, -0.2) is 29.3 Å². The van der Waals surface area contributed by atoms with Gasteiger partial charge in [0.15, 0.2) is 0 Å². The molecule has 0 radical (unpaired) electrons. The molecule has 26 heavy (non-hydrogen) atoms. The summed E-state index contributed by atoms with van der Waals surface area (Å²) in [5, 5.41) is 12.3. The molecule has 1 aliphatic rings. The first-order valence-electron chi connectivity index (χ1n) is 8.11. The lowest BCUT2D eigenvalue weighted by Gasteiger charge is -2.43. The zero-order chi connectivity index (χ0) is 18.5. The van der Waals surface area contributed by atoms with Gasteiger partial charge < -0.3 is 9.94 Å². The fourth-order valence-corrected chi connectivity index (χ4v) is 2.85. The molecule has 0 saturated carbocycles. The Morgan fingerprint density at radius 2 is 1.77 bits per heavy atom. The van der Waals surface area contributed by atoms with Crippen LogP contribution in [-0.2, 0) is 14.4 Å². The van der Waals surface area contributed by atoms with Gasteiger partial charge in [0.05, 0.1) is 11.8 Å². The van der Waals surface area contributed by atoms with E-state index in [4.69, 9.17) is 9.94 Å². The molecule has 1 aliphatic heterocycles. The molecule has 1 atom stereocenters. The Balaban J connectivity index is 1.91. The van der Waals surface area contributed by atoms with E-state index >= 15 is 0 Å². The van der Waals surface area contributed by atoms with Gasteiger partial charge in [0.25, 0.3) is 5.91 Å². The van der Waals surface area contributed by atoms with Crippen LogP contribution in [0.4, 0.5) is 5.69 Å². The third-order valence-corrected chi connectivity index (χ3v) is 3.93.